The summed E-state index contributed by atoms with van der Waals surface area (Å²) in [6, 6.07) is 4.28. The molecule has 2 aliphatic carbocycles. The van der Waals surface area contributed by atoms with E-state index in [1.54, 1.807) is 0 Å². The van der Waals surface area contributed by atoms with Crippen molar-refractivity contribution in [3.63, 3.8) is 0 Å². The van der Waals surface area contributed by atoms with Crippen molar-refractivity contribution in [1.82, 2.24) is 0 Å². The van der Waals surface area contributed by atoms with Crippen molar-refractivity contribution in [1.29, 1.82) is 0 Å². The molecule has 2 saturated carbocycles. The monoisotopic (exact) mass is 370 g/mol. The van der Waals surface area contributed by atoms with Gasteiger partial charge in [-0.05, 0) is 36.5 Å². The molecular formula is C23H30O4. The summed E-state index contributed by atoms with van der Waals surface area (Å²) in [5.74, 6) is -1.29. The minimum Gasteiger partial charge on any atom is -0.350 e. The third-order valence-corrected chi connectivity index (χ3v) is 6.66. The van der Waals surface area contributed by atoms with Gasteiger partial charge in [0.25, 0.3) is 0 Å². The average molecular weight is 370 g/mol. The Bertz CT molecular complexity index is 722. The van der Waals surface area contributed by atoms with Crippen molar-refractivity contribution >= 4 is 11.6 Å². The molecule has 1 saturated heterocycles. The fourth-order valence-electron chi connectivity index (χ4n) is 5.31. The number of benzene rings is 1. The predicted molar refractivity (Wildman–Crippen MR) is 103 cm³/mol. The van der Waals surface area contributed by atoms with Crippen molar-refractivity contribution < 1.29 is 19.1 Å². The van der Waals surface area contributed by atoms with Crippen molar-refractivity contribution in [2.45, 2.75) is 65.1 Å². The van der Waals surface area contributed by atoms with E-state index in [1.807, 2.05) is 0 Å². The summed E-state index contributed by atoms with van der Waals surface area (Å²) in [6.45, 7) is 9.65. The van der Waals surface area contributed by atoms with Crippen molar-refractivity contribution in [3.05, 3.63) is 34.4 Å². The second kappa shape index (κ2) is 6.82. The van der Waals surface area contributed by atoms with E-state index < -0.39 is 11.7 Å². The summed E-state index contributed by atoms with van der Waals surface area (Å²) >= 11 is 0. The third kappa shape index (κ3) is 2.98. The maximum Gasteiger partial charge on any atom is 0.169 e. The first-order valence-electron chi connectivity index (χ1n) is 10.4. The second-order valence-electron chi connectivity index (χ2n) is 8.70. The molecule has 0 radical (unpaired) electrons. The normalized spacial score (nSPS) is 35.9. The molecule has 3 fully saturated rings. The third-order valence-electron chi connectivity index (χ3n) is 6.66. The van der Waals surface area contributed by atoms with Crippen LogP contribution >= 0.6 is 0 Å². The van der Waals surface area contributed by atoms with Gasteiger partial charge in [0.1, 0.15) is 5.92 Å². The smallest absolute Gasteiger partial charge is 0.169 e. The van der Waals surface area contributed by atoms with Gasteiger partial charge in [-0.3, -0.25) is 9.59 Å². The van der Waals surface area contributed by atoms with Gasteiger partial charge in [-0.1, -0.05) is 38.5 Å². The summed E-state index contributed by atoms with van der Waals surface area (Å²) < 4.78 is 12.0. The van der Waals surface area contributed by atoms with Crippen LogP contribution < -0.4 is 0 Å². The van der Waals surface area contributed by atoms with E-state index in [4.69, 9.17) is 9.47 Å². The van der Waals surface area contributed by atoms with Gasteiger partial charge < -0.3 is 9.47 Å². The van der Waals surface area contributed by atoms with Crippen LogP contribution in [0, 0.1) is 24.7 Å². The lowest BCUT2D eigenvalue weighted by Crippen LogP contribution is -2.43. The standard InChI is InChI=1S/C23H30O4/c1-5-15-7-13(3)8-16(6-2)19(15)20-21(24)17-9-23(10-18(17)22(20)25)26-11-14(4)12-27-23/h7-8,14,17-18,20H,5-6,9-12H2,1-4H3/t14?,17-,18+,20?,23?. The van der Waals surface area contributed by atoms with Crippen LogP contribution in [0.15, 0.2) is 12.1 Å². The number of ether oxygens (including phenoxy) is 2. The van der Waals surface area contributed by atoms with E-state index in [2.05, 4.69) is 39.8 Å². The summed E-state index contributed by atoms with van der Waals surface area (Å²) in [5, 5.41) is 0. The SMILES string of the molecule is CCc1cc(C)cc(CC)c1C1C(=O)[C@H]2CC3(C[C@H]2C1=O)OCC(C)CO3. The number of hydrogen-bond acceptors (Lipinski definition) is 4. The van der Waals surface area contributed by atoms with Gasteiger partial charge in [0, 0.05) is 30.6 Å². The van der Waals surface area contributed by atoms with Crippen LogP contribution in [-0.2, 0) is 31.9 Å². The topological polar surface area (TPSA) is 52.6 Å². The Balaban J connectivity index is 1.66. The van der Waals surface area contributed by atoms with E-state index in [0.717, 1.165) is 29.5 Å². The summed E-state index contributed by atoms with van der Waals surface area (Å²) in [6.07, 6.45) is 2.73. The Labute approximate surface area is 161 Å². The van der Waals surface area contributed by atoms with Crippen LogP contribution in [0.25, 0.3) is 0 Å². The molecule has 1 aliphatic heterocycles. The number of ketones is 2. The molecule has 0 N–H and O–H groups in total. The number of fused-ring (bicyclic) bond motifs is 1. The molecule has 0 aromatic heterocycles. The van der Waals surface area contributed by atoms with Crippen LogP contribution in [0.3, 0.4) is 0 Å². The zero-order valence-electron chi connectivity index (χ0n) is 16.8. The number of aryl methyl sites for hydroxylation is 3. The molecule has 1 aromatic rings. The molecule has 1 unspecified atom stereocenters. The lowest BCUT2D eigenvalue weighted by Gasteiger charge is -2.37. The lowest BCUT2D eigenvalue weighted by atomic mass is 9.83. The van der Waals surface area contributed by atoms with Crippen LogP contribution in [0.2, 0.25) is 0 Å². The number of rotatable bonds is 3. The first kappa shape index (κ1) is 18.8. The maximum absolute atomic E-state index is 13.4. The Hall–Kier alpha value is -1.52. The summed E-state index contributed by atoms with van der Waals surface area (Å²) in [5.41, 5.74) is 4.48. The highest BCUT2D eigenvalue weighted by atomic mass is 16.7. The van der Waals surface area contributed by atoms with E-state index in [1.165, 1.54) is 5.56 Å². The van der Waals surface area contributed by atoms with E-state index in [9.17, 15) is 9.59 Å². The van der Waals surface area contributed by atoms with Crippen molar-refractivity contribution in [2.75, 3.05) is 13.2 Å². The van der Waals surface area contributed by atoms with Crippen LogP contribution in [0.1, 0.15) is 61.8 Å². The van der Waals surface area contributed by atoms with Gasteiger partial charge in [0.05, 0.1) is 13.2 Å². The highest BCUT2D eigenvalue weighted by molar-refractivity contribution is 6.16. The van der Waals surface area contributed by atoms with Gasteiger partial charge in [-0.25, -0.2) is 0 Å². The molecule has 4 nitrogen and oxygen atoms in total. The Morgan fingerprint density at radius 3 is 1.89 bits per heavy atom. The largest absolute Gasteiger partial charge is 0.350 e. The van der Waals surface area contributed by atoms with Crippen LogP contribution in [0.5, 0.6) is 0 Å². The quantitative estimate of drug-likeness (QED) is 0.760. The fraction of sp³-hybridized carbons (Fsp3) is 0.652. The number of Topliss-reactive ketones (excluding diaryl/α,β-unsaturated/α-hetero) is 2. The highest BCUT2D eigenvalue weighted by Gasteiger charge is 2.61. The van der Waals surface area contributed by atoms with Crippen LogP contribution in [0.4, 0.5) is 0 Å². The van der Waals surface area contributed by atoms with E-state index in [-0.39, 0.29) is 23.4 Å². The Morgan fingerprint density at radius 1 is 0.963 bits per heavy atom. The summed E-state index contributed by atoms with van der Waals surface area (Å²) in [4.78, 5) is 26.8. The Morgan fingerprint density at radius 2 is 1.44 bits per heavy atom. The second-order valence-corrected chi connectivity index (χ2v) is 8.70. The van der Waals surface area contributed by atoms with E-state index in [0.29, 0.717) is 32.0 Å². The molecule has 1 spiro atoms. The van der Waals surface area contributed by atoms with Gasteiger partial charge >= 0.3 is 0 Å². The first-order chi connectivity index (χ1) is 12.9. The van der Waals surface area contributed by atoms with Crippen molar-refractivity contribution in [2.24, 2.45) is 17.8 Å². The maximum atomic E-state index is 13.4. The minimum atomic E-state index is -0.716. The number of carbonyl (C=O) groups is 2. The predicted octanol–water partition coefficient (Wildman–Crippen LogP) is 3.76. The fourth-order valence-corrected chi connectivity index (χ4v) is 5.31. The summed E-state index contributed by atoms with van der Waals surface area (Å²) in [7, 11) is 0. The molecule has 27 heavy (non-hydrogen) atoms. The molecule has 1 aromatic carbocycles. The molecule has 4 rings (SSSR count). The highest BCUT2D eigenvalue weighted by Crippen LogP contribution is 2.53. The zero-order valence-corrected chi connectivity index (χ0v) is 16.8. The molecule has 3 atom stereocenters. The molecular weight excluding hydrogens is 340 g/mol. The van der Waals surface area contributed by atoms with Gasteiger partial charge in [-0.15, -0.1) is 0 Å². The molecule has 1 heterocycles. The molecule has 146 valence electrons. The average Bonchev–Trinajstić information content (AvgIpc) is 3.13. The van der Waals surface area contributed by atoms with Gasteiger partial charge in [-0.2, -0.15) is 0 Å². The zero-order chi connectivity index (χ0) is 19.3. The molecule has 0 amide bonds. The number of hydrogen-bond donors (Lipinski definition) is 0. The molecule has 4 heteroatoms. The van der Waals surface area contributed by atoms with Crippen LogP contribution in [-0.4, -0.2) is 30.6 Å². The van der Waals surface area contributed by atoms with E-state index >= 15 is 0 Å². The Kier molecular flexibility index (Phi) is 4.76. The first-order valence-corrected chi connectivity index (χ1v) is 10.4. The van der Waals surface area contributed by atoms with Crippen molar-refractivity contribution in [3.8, 4) is 0 Å². The van der Waals surface area contributed by atoms with Gasteiger partial charge in [0.15, 0.2) is 17.4 Å². The minimum absolute atomic E-state index is 0.0842. The molecule has 3 aliphatic rings. The van der Waals surface area contributed by atoms with Gasteiger partial charge in [0.2, 0.25) is 0 Å². The number of carbonyl (C=O) groups excluding carboxylic acids is 2. The lowest BCUT2D eigenvalue weighted by molar-refractivity contribution is -0.279. The molecule has 0 bridgehead atoms.